The molecule has 7 nitrogen and oxygen atoms in total. The minimum atomic E-state index is -4.67. The number of esters is 1. The summed E-state index contributed by atoms with van der Waals surface area (Å²) in [6.45, 7) is 5.24. The van der Waals surface area contributed by atoms with E-state index in [1.807, 2.05) is 13.0 Å². The first-order valence-corrected chi connectivity index (χ1v) is 11.3. The third-order valence-corrected chi connectivity index (χ3v) is 4.13. The third-order valence-electron chi connectivity index (χ3n) is 4.13. The number of allylic oxidation sites excluding steroid dienone is 1. The number of unbranched alkanes of at least 4 members (excludes halogenated alkanes) is 10. The molecule has 0 saturated carbocycles. The van der Waals surface area contributed by atoms with Gasteiger partial charge in [0.1, 0.15) is 12.7 Å². The Morgan fingerprint density at radius 2 is 1.50 bits per heavy atom. The SMILES string of the molecule is CCCCCCCCCCCCC=C(C)C(=O)OCC1CO1.O=S(=O)(O)O.[H-].[Na+]. The fourth-order valence-electron chi connectivity index (χ4n) is 2.48. The molecule has 1 aliphatic heterocycles. The van der Waals surface area contributed by atoms with E-state index in [0.29, 0.717) is 6.61 Å². The molecule has 1 atom stereocenters. The van der Waals surface area contributed by atoms with Gasteiger partial charge in [-0.25, -0.2) is 4.79 Å². The summed E-state index contributed by atoms with van der Waals surface area (Å²) in [5.74, 6) is -0.192. The van der Waals surface area contributed by atoms with Crippen LogP contribution in [-0.4, -0.2) is 42.8 Å². The van der Waals surface area contributed by atoms with Crippen molar-refractivity contribution in [2.75, 3.05) is 13.2 Å². The molecule has 0 aromatic rings. The van der Waals surface area contributed by atoms with Crippen molar-refractivity contribution in [3.8, 4) is 0 Å². The van der Waals surface area contributed by atoms with Crippen LogP contribution < -0.4 is 29.6 Å². The van der Waals surface area contributed by atoms with Crippen LogP contribution in [0.4, 0.5) is 0 Å². The van der Waals surface area contributed by atoms with Crippen LogP contribution in [-0.2, 0) is 24.7 Å². The summed E-state index contributed by atoms with van der Waals surface area (Å²) in [4.78, 5) is 11.6. The van der Waals surface area contributed by atoms with Gasteiger partial charge in [0.15, 0.2) is 0 Å². The zero-order valence-corrected chi connectivity index (χ0v) is 20.5. The van der Waals surface area contributed by atoms with Gasteiger partial charge in [0.25, 0.3) is 0 Å². The van der Waals surface area contributed by atoms with Crippen molar-refractivity contribution in [1.29, 1.82) is 0 Å². The van der Waals surface area contributed by atoms with Crippen LogP contribution in [0, 0.1) is 0 Å². The first-order valence-electron chi connectivity index (χ1n) is 9.89. The summed E-state index contributed by atoms with van der Waals surface area (Å²) >= 11 is 0. The summed E-state index contributed by atoms with van der Waals surface area (Å²) in [5, 5.41) is 0. The molecule has 9 heteroatoms. The Morgan fingerprint density at radius 1 is 1.07 bits per heavy atom. The normalized spacial score (nSPS) is 15.9. The zero-order valence-electron chi connectivity index (χ0n) is 18.7. The van der Waals surface area contributed by atoms with Crippen molar-refractivity contribution in [1.82, 2.24) is 0 Å². The number of epoxide rings is 1. The van der Waals surface area contributed by atoms with Gasteiger partial charge in [0, 0.05) is 5.57 Å². The van der Waals surface area contributed by atoms with E-state index in [9.17, 15) is 4.79 Å². The number of hydrogen-bond donors (Lipinski definition) is 2. The van der Waals surface area contributed by atoms with Crippen molar-refractivity contribution >= 4 is 16.4 Å². The Kier molecular flexibility index (Phi) is 20.5. The Morgan fingerprint density at radius 3 is 1.93 bits per heavy atom. The van der Waals surface area contributed by atoms with Crippen LogP contribution in [0.2, 0.25) is 0 Å². The van der Waals surface area contributed by atoms with E-state index in [4.69, 9.17) is 27.0 Å². The number of rotatable bonds is 14. The number of ether oxygens (including phenoxy) is 2. The number of hydrogen-bond acceptors (Lipinski definition) is 5. The van der Waals surface area contributed by atoms with E-state index in [1.165, 1.54) is 64.2 Å². The van der Waals surface area contributed by atoms with E-state index < -0.39 is 10.4 Å². The summed E-state index contributed by atoms with van der Waals surface area (Å²) < 4.78 is 41.7. The topological polar surface area (TPSA) is 113 Å². The molecule has 0 radical (unpaired) electrons. The van der Waals surface area contributed by atoms with Gasteiger partial charge in [-0.1, -0.05) is 70.8 Å². The Balaban J connectivity index is -0.000000860. The van der Waals surface area contributed by atoms with Crippen LogP contribution in [0.1, 0.15) is 85.9 Å². The molecule has 2 N–H and O–H groups in total. The molecular formula is C19H37NaO7S. The molecule has 1 saturated heterocycles. The maximum absolute atomic E-state index is 11.6. The van der Waals surface area contributed by atoms with Gasteiger partial charge in [0.2, 0.25) is 0 Å². The summed E-state index contributed by atoms with van der Waals surface area (Å²) in [7, 11) is -4.67. The zero-order chi connectivity index (χ0) is 20.5. The van der Waals surface area contributed by atoms with Crippen LogP contribution in [0.25, 0.3) is 0 Å². The molecule has 1 rings (SSSR count). The quantitative estimate of drug-likeness (QED) is 0.107. The molecule has 28 heavy (non-hydrogen) atoms. The average Bonchev–Trinajstić information content (AvgIpc) is 3.40. The first kappa shape index (κ1) is 30.2. The monoisotopic (exact) mass is 432 g/mol. The summed E-state index contributed by atoms with van der Waals surface area (Å²) in [6.07, 6.45) is 16.6. The van der Waals surface area contributed by atoms with Crippen LogP contribution in [0.3, 0.4) is 0 Å². The van der Waals surface area contributed by atoms with E-state index in [-0.39, 0.29) is 43.1 Å². The molecule has 1 aliphatic rings. The minimum Gasteiger partial charge on any atom is -1.00 e. The molecule has 0 bridgehead atoms. The Bertz CT molecular complexity index is 515. The fraction of sp³-hybridized carbons (Fsp3) is 0.842. The van der Waals surface area contributed by atoms with E-state index >= 15 is 0 Å². The molecule has 0 aliphatic carbocycles. The van der Waals surface area contributed by atoms with Crippen molar-refractivity contribution in [3.63, 3.8) is 0 Å². The number of carbonyl (C=O) groups excluding carboxylic acids is 1. The van der Waals surface area contributed by atoms with Gasteiger partial charge in [0.05, 0.1) is 6.61 Å². The maximum Gasteiger partial charge on any atom is 1.00 e. The molecular weight excluding hydrogens is 395 g/mol. The third kappa shape index (κ3) is 26.0. The second kappa shape index (κ2) is 19.0. The summed E-state index contributed by atoms with van der Waals surface area (Å²) in [6, 6.07) is 0. The van der Waals surface area contributed by atoms with Crippen molar-refractivity contribution in [2.45, 2.75) is 90.6 Å². The fourth-order valence-corrected chi connectivity index (χ4v) is 2.48. The van der Waals surface area contributed by atoms with Crippen molar-refractivity contribution in [3.05, 3.63) is 11.6 Å². The van der Waals surface area contributed by atoms with E-state index in [0.717, 1.165) is 18.6 Å². The predicted molar refractivity (Wildman–Crippen MR) is 106 cm³/mol. The molecule has 0 spiro atoms. The van der Waals surface area contributed by atoms with E-state index in [1.54, 1.807) is 0 Å². The van der Waals surface area contributed by atoms with Crippen molar-refractivity contribution < 1.29 is 62.8 Å². The molecule has 0 aromatic heterocycles. The van der Waals surface area contributed by atoms with E-state index in [2.05, 4.69) is 6.92 Å². The standard InChI is InChI=1S/C19H34O3.Na.H2O4S.H/c1-3-4-5-6-7-8-9-10-11-12-13-14-17(2)19(20)22-16-18-15-21-18;;1-5(2,3)4;/h14,18H,3-13,15-16H2,1-2H3;;(H2,1,2,3,4);/q;+1;;-1. The smallest absolute Gasteiger partial charge is 1.00 e. The average molecular weight is 433 g/mol. The molecule has 0 amide bonds. The van der Waals surface area contributed by atoms with Gasteiger partial charge in [-0.3, -0.25) is 9.11 Å². The predicted octanol–water partition coefficient (Wildman–Crippen LogP) is 1.65. The molecule has 162 valence electrons. The van der Waals surface area contributed by atoms with Gasteiger partial charge in [-0.05, 0) is 19.8 Å². The molecule has 0 aromatic carbocycles. The largest absolute Gasteiger partial charge is 1.00 e. The van der Waals surface area contributed by atoms with Gasteiger partial charge < -0.3 is 10.9 Å². The van der Waals surface area contributed by atoms with Gasteiger partial charge in [-0.15, -0.1) is 0 Å². The number of carbonyl (C=O) groups is 1. The second-order valence-electron chi connectivity index (χ2n) is 6.86. The molecule has 1 fully saturated rings. The maximum atomic E-state index is 11.6. The Hall–Kier alpha value is 0.0400. The van der Waals surface area contributed by atoms with Gasteiger partial charge >= 0.3 is 45.9 Å². The van der Waals surface area contributed by atoms with Crippen molar-refractivity contribution in [2.24, 2.45) is 0 Å². The Labute approximate surface area is 194 Å². The minimum absolute atomic E-state index is 0. The van der Waals surface area contributed by atoms with Crippen LogP contribution in [0.5, 0.6) is 0 Å². The molecule has 1 unspecified atom stereocenters. The second-order valence-corrected chi connectivity index (χ2v) is 7.76. The summed E-state index contributed by atoms with van der Waals surface area (Å²) in [5.41, 5.74) is 0.733. The van der Waals surface area contributed by atoms with Crippen LogP contribution >= 0.6 is 0 Å². The van der Waals surface area contributed by atoms with Crippen LogP contribution in [0.15, 0.2) is 11.6 Å². The first-order chi connectivity index (χ1) is 12.7. The molecule has 1 heterocycles. The van der Waals surface area contributed by atoms with Gasteiger partial charge in [-0.2, -0.15) is 8.42 Å².